The van der Waals surface area contributed by atoms with E-state index in [1.54, 1.807) is 26.0 Å². The summed E-state index contributed by atoms with van der Waals surface area (Å²) in [7, 11) is 0. The van der Waals surface area contributed by atoms with Gasteiger partial charge in [-0.15, -0.1) is 0 Å². The van der Waals surface area contributed by atoms with Crippen molar-refractivity contribution in [2.45, 2.75) is 39.8 Å². The second-order valence-electron chi connectivity index (χ2n) is 7.26. The molecule has 30 heavy (non-hydrogen) atoms. The molecule has 0 fully saturated rings. The lowest BCUT2D eigenvalue weighted by Gasteiger charge is -2.20. The minimum atomic E-state index is -0.886. The zero-order valence-corrected chi connectivity index (χ0v) is 18.9. The summed E-state index contributed by atoms with van der Waals surface area (Å²) >= 11 is 3.40. The molecule has 0 aliphatic heterocycles. The highest BCUT2D eigenvalue weighted by atomic mass is 79.9. The predicted octanol–water partition coefficient (Wildman–Crippen LogP) is 4.28. The first-order valence-electron chi connectivity index (χ1n) is 9.53. The van der Waals surface area contributed by atoms with Crippen LogP contribution in [0.2, 0.25) is 0 Å². The first-order chi connectivity index (χ1) is 14.2. The van der Waals surface area contributed by atoms with E-state index in [0.29, 0.717) is 11.3 Å². The number of carbonyl (C=O) groups is 2. The monoisotopic (exact) mass is 477 g/mol. The molecule has 2 amide bonds. The molecular weight excluding hydrogens is 453 g/mol. The molecule has 2 aromatic rings. The Morgan fingerprint density at radius 2 is 1.83 bits per heavy atom. The highest BCUT2D eigenvalue weighted by Gasteiger charge is 2.25. The predicted molar refractivity (Wildman–Crippen MR) is 118 cm³/mol. The van der Waals surface area contributed by atoms with Gasteiger partial charge < -0.3 is 10.1 Å². The van der Waals surface area contributed by atoms with Crippen molar-refractivity contribution in [2.75, 3.05) is 0 Å². The summed E-state index contributed by atoms with van der Waals surface area (Å²) in [6.07, 6.45) is 1.45. The van der Waals surface area contributed by atoms with Gasteiger partial charge in [0.25, 0.3) is 11.8 Å². The molecule has 0 bridgehead atoms. The molecule has 160 valence electrons. The lowest BCUT2D eigenvalue weighted by atomic mass is 10.0. The van der Waals surface area contributed by atoms with Crippen molar-refractivity contribution in [3.63, 3.8) is 0 Å². The Balaban J connectivity index is 2.10. The molecule has 0 heterocycles. The molecule has 0 spiro atoms. The summed E-state index contributed by atoms with van der Waals surface area (Å²) in [5.41, 5.74) is 2.99. The van der Waals surface area contributed by atoms with Crippen molar-refractivity contribution in [1.82, 2.24) is 10.7 Å². The van der Waals surface area contributed by atoms with Crippen LogP contribution < -0.4 is 15.5 Å². The van der Waals surface area contributed by atoms with Crippen LogP contribution in [-0.2, 0) is 4.79 Å². The summed E-state index contributed by atoms with van der Waals surface area (Å²) in [5, 5.41) is 6.57. The molecular formula is C22H25BrFN3O3. The number of amides is 2. The van der Waals surface area contributed by atoms with Crippen molar-refractivity contribution in [3.8, 4) is 5.75 Å². The van der Waals surface area contributed by atoms with Crippen molar-refractivity contribution in [3.05, 3.63) is 63.9 Å². The lowest BCUT2D eigenvalue weighted by molar-refractivity contribution is -0.123. The second kappa shape index (κ2) is 10.9. The quantitative estimate of drug-likeness (QED) is 0.439. The van der Waals surface area contributed by atoms with Crippen LogP contribution in [-0.4, -0.2) is 30.2 Å². The zero-order valence-electron chi connectivity index (χ0n) is 17.3. The molecule has 0 radical (unpaired) electrons. The van der Waals surface area contributed by atoms with E-state index in [0.717, 1.165) is 4.47 Å². The van der Waals surface area contributed by atoms with E-state index in [-0.39, 0.29) is 17.6 Å². The van der Waals surface area contributed by atoms with Gasteiger partial charge in [-0.3, -0.25) is 9.59 Å². The van der Waals surface area contributed by atoms with Crippen molar-refractivity contribution in [2.24, 2.45) is 11.0 Å². The number of nitrogens with one attached hydrogen (secondary N) is 2. The maximum atomic E-state index is 13.8. The van der Waals surface area contributed by atoms with Gasteiger partial charge in [0.2, 0.25) is 0 Å². The normalized spacial score (nSPS) is 12.3. The van der Waals surface area contributed by atoms with E-state index < -0.39 is 23.7 Å². The van der Waals surface area contributed by atoms with Crippen LogP contribution >= 0.6 is 15.9 Å². The number of hydrazone groups is 1. The SMILES string of the molecule is CC(C)Oc1ccc(Br)cc1C=NNC(=O)C(NC(=O)c1ccccc1F)C(C)C. The maximum Gasteiger partial charge on any atom is 0.262 e. The van der Waals surface area contributed by atoms with Gasteiger partial charge in [0.1, 0.15) is 17.6 Å². The standard InChI is InChI=1S/C22H25BrFN3O3/c1-13(2)20(26-21(28)17-7-5-6-8-18(17)24)22(29)27-25-12-15-11-16(23)9-10-19(15)30-14(3)4/h5-14,20H,1-4H3,(H,26,28)(H,27,29). The van der Waals surface area contributed by atoms with Gasteiger partial charge in [-0.05, 0) is 50.1 Å². The lowest BCUT2D eigenvalue weighted by Crippen LogP contribution is -2.48. The van der Waals surface area contributed by atoms with Gasteiger partial charge in [0.05, 0.1) is 17.9 Å². The molecule has 2 N–H and O–H groups in total. The topological polar surface area (TPSA) is 79.8 Å². The summed E-state index contributed by atoms with van der Waals surface area (Å²) < 4.78 is 20.4. The molecule has 8 heteroatoms. The van der Waals surface area contributed by atoms with Crippen LogP contribution in [0.15, 0.2) is 52.0 Å². The molecule has 2 aromatic carbocycles. The van der Waals surface area contributed by atoms with Crippen molar-refractivity contribution >= 4 is 34.0 Å². The van der Waals surface area contributed by atoms with Crippen molar-refractivity contribution < 1.29 is 18.7 Å². The Morgan fingerprint density at radius 3 is 2.47 bits per heavy atom. The fraction of sp³-hybridized carbons (Fsp3) is 0.318. The van der Waals surface area contributed by atoms with Crippen LogP contribution in [0, 0.1) is 11.7 Å². The molecule has 0 saturated carbocycles. The highest BCUT2D eigenvalue weighted by Crippen LogP contribution is 2.22. The van der Waals surface area contributed by atoms with E-state index >= 15 is 0 Å². The summed E-state index contributed by atoms with van der Waals surface area (Å²) in [4.78, 5) is 25.0. The van der Waals surface area contributed by atoms with Crippen LogP contribution in [0.4, 0.5) is 4.39 Å². The zero-order chi connectivity index (χ0) is 22.3. The van der Waals surface area contributed by atoms with Gasteiger partial charge in [-0.2, -0.15) is 5.10 Å². The van der Waals surface area contributed by atoms with Gasteiger partial charge in [-0.1, -0.05) is 41.9 Å². The number of rotatable bonds is 8. The molecule has 1 unspecified atom stereocenters. The number of halogens is 2. The Morgan fingerprint density at radius 1 is 1.13 bits per heavy atom. The van der Waals surface area contributed by atoms with E-state index in [9.17, 15) is 14.0 Å². The summed E-state index contributed by atoms with van der Waals surface area (Å²) in [6, 6.07) is 10.2. The number of hydrogen-bond acceptors (Lipinski definition) is 4. The van der Waals surface area contributed by atoms with Crippen LogP contribution in [0.25, 0.3) is 0 Å². The van der Waals surface area contributed by atoms with Gasteiger partial charge in [0.15, 0.2) is 0 Å². The average Bonchev–Trinajstić information content (AvgIpc) is 2.67. The van der Waals surface area contributed by atoms with E-state index in [2.05, 4.69) is 31.8 Å². The number of nitrogens with zero attached hydrogens (tertiary/aromatic N) is 1. The van der Waals surface area contributed by atoms with Crippen LogP contribution in [0.5, 0.6) is 5.75 Å². The molecule has 1 atom stereocenters. The summed E-state index contributed by atoms with van der Waals surface area (Å²) in [6.45, 7) is 7.38. The third-order valence-electron chi connectivity index (χ3n) is 4.07. The third-order valence-corrected chi connectivity index (χ3v) is 4.56. The number of carbonyl (C=O) groups excluding carboxylic acids is 2. The first-order valence-corrected chi connectivity index (χ1v) is 10.3. The smallest absolute Gasteiger partial charge is 0.262 e. The van der Waals surface area contributed by atoms with E-state index in [1.165, 1.54) is 24.4 Å². The van der Waals surface area contributed by atoms with Gasteiger partial charge >= 0.3 is 0 Å². The second-order valence-corrected chi connectivity index (χ2v) is 8.17. The average molecular weight is 478 g/mol. The molecule has 0 aliphatic carbocycles. The summed E-state index contributed by atoms with van der Waals surface area (Å²) in [5.74, 6) is -1.43. The fourth-order valence-corrected chi connectivity index (χ4v) is 2.99. The molecule has 0 saturated heterocycles. The van der Waals surface area contributed by atoms with Gasteiger partial charge in [-0.25, -0.2) is 9.82 Å². The maximum absolute atomic E-state index is 13.8. The fourth-order valence-electron chi connectivity index (χ4n) is 2.62. The Hall–Kier alpha value is -2.74. The van der Waals surface area contributed by atoms with Crippen LogP contribution in [0.1, 0.15) is 43.6 Å². The Labute approximate surface area is 184 Å². The highest BCUT2D eigenvalue weighted by molar-refractivity contribution is 9.10. The Kier molecular flexibility index (Phi) is 8.53. The number of benzene rings is 2. The third kappa shape index (κ3) is 6.66. The Bertz CT molecular complexity index is 932. The first kappa shape index (κ1) is 23.5. The van der Waals surface area contributed by atoms with E-state index in [1.807, 2.05) is 26.0 Å². The molecule has 0 aliphatic rings. The van der Waals surface area contributed by atoms with E-state index in [4.69, 9.17) is 4.74 Å². The molecule has 0 aromatic heterocycles. The largest absolute Gasteiger partial charge is 0.490 e. The van der Waals surface area contributed by atoms with Crippen LogP contribution in [0.3, 0.4) is 0 Å². The molecule has 2 rings (SSSR count). The minimum Gasteiger partial charge on any atom is -0.490 e. The number of ether oxygens (including phenoxy) is 1. The van der Waals surface area contributed by atoms with Crippen molar-refractivity contribution in [1.29, 1.82) is 0 Å². The van der Waals surface area contributed by atoms with Gasteiger partial charge in [0, 0.05) is 10.0 Å². The molecule has 6 nitrogen and oxygen atoms in total. The minimum absolute atomic E-state index is 0.0215. The number of hydrogen-bond donors (Lipinski definition) is 2.